The van der Waals surface area contributed by atoms with Crippen LogP contribution in [0.3, 0.4) is 0 Å². The van der Waals surface area contributed by atoms with E-state index in [-0.39, 0.29) is 11.5 Å². The van der Waals surface area contributed by atoms with Crippen LogP contribution in [0.5, 0.6) is 17.2 Å². The lowest BCUT2D eigenvalue weighted by Gasteiger charge is -2.33. The van der Waals surface area contributed by atoms with E-state index in [9.17, 15) is 10.2 Å². The third-order valence-corrected chi connectivity index (χ3v) is 5.22. The third kappa shape index (κ3) is 3.01. The van der Waals surface area contributed by atoms with Crippen molar-refractivity contribution in [1.29, 1.82) is 0 Å². The van der Waals surface area contributed by atoms with Crippen molar-refractivity contribution in [3.63, 3.8) is 0 Å². The van der Waals surface area contributed by atoms with Gasteiger partial charge in [-0.2, -0.15) is 0 Å². The molecule has 0 fully saturated rings. The highest BCUT2D eigenvalue weighted by molar-refractivity contribution is 5.54. The number of aromatic hydroxyl groups is 2. The second kappa shape index (κ2) is 6.75. The topological polar surface area (TPSA) is 49.7 Å². The predicted octanol–water partition coefficient (Wildman–Crippen LogP) is 5.08. The van der Waals surface area contributed by atoms with Crippen molar-refractivity contribution >= 4 is 0 Å². The molecule has 0 aromatic heterocycles. The van der Waals surface area contributed by atoms with Gasteiger partial charge in [-0.05, 0) is 72.9 Å². The number of phenolic OH excluding ortho intramolecular Hbond substituents is 2. The molecule has 0 radical (unpaired) electrons. The molecule has 0 saturated carbocycles. The Bertz CT molecular complexity index is 875. The lowest BCUT2D eigenvalue weighted by molar-refractivity contribution is 0.414. The smallest absolute Gasteiger partial charge is 0.118 e. The van der Waals surface area contributed by atoms with Gasteiger partial charge in [0.2, 0.25) is 0 Å². The van der Waals surface area contributed by atoms with E-state index < -0.39 is 5.41 Å². The Morgan fingerprint density at radius 2 is 1.12 bits per heavy atom. The molecule has 3 aromatic rings. The lowest BCUT2D eigenvalue weighted by atomic mass is 9.70. The Morgan fingerprint density at radius 1 is 0.692 bits per heavy atom. The van der Waals surface area contributed by atoms with E-state index in [1.54, 1.807) is 19.2 Å². The van der Waals surface area contributed by atoms with Crippen LogP contribution in [0.25, 0.3) is 0 Å². The van der Waals surface area contributed by atoms with Crippen molar-refractivity contribution in [2.45, 2.75) is 26.2 Å². The molecule has 0 heterocycles. The molecule has 3 heteroatoms. The number of rotatable bonds is 4. The van der Waals surface area contributed by atoms with Gasteiger partial charge in [-0.1, -0.05) is 36.4 Å². The maximum absolute atomic E-state index is 9.95. The Labute approximate surface area is 154 Å². The highest BCUT2D eigenvalue weighted by Crippen LogP contribution is 2.41. The van der Waals surface area contributed by atoms with Crippen LogP contribution in [-0.4, -0.2) is 17.3 Å². The molecular weight excluding hydrogens is 324 g/mol. The van der Waals surface area contributed by atoms with E-state index in [0.29, 0.717) is 0 Å². The van der Waals surface area contributed by atoms with Crippen LogP contribution in [0, 0.1) is 13.8 Å². The maximum Gasteiger partial charge on any atom is 0.118 e. The number of methoxy groups -OCH3 is 1. The number of phenols is 2. The van der Waals surface area contributed by atoms with Crippen molar-refractivity contribution in [3.05, 3.63) is 88.5 Å². The van der Waals surface area contributed by atoms with Crippen LogP contribution in [0.1, 0.15) is 34.7 Å². The molecular formula is C23H24O3. The van der Waals surface area contributed by atoms with Crippen LogP contribution in [-0.2, 0) is 5.41 Å². The van der Waals surface area contributed by atoms with E-state index in [1.165, 1.54) is 0 Å². The van der Waals surface area contributed by atoms with Crippen LogP contribution in [0.4, 0.5) is 0 Å². The average Bonchev–Trinajstić information content (AvgIpc) is 2.65. The molecule has 2 N–H and O–H groups in total. The first-order chi connectivity index (χ1) is 12.4. The zero-order valence-corrected chi connectivity index (χ0v) is 15.6. The second-order valence-electron chi connectivity index (χ2n) is 6.86. The van der Waals surface area contributed by atoms with Crippen molar-refractivity contribution in [3.8, 4) is 17.2 Å². The van der Waals surface area contributed by atoms with Gasteiger partial charge in [0.25, 0.3) is 0 Å². The number of aryl methyl sites for hydroxylation is 2. The van der Waals surface area contributed by atoms with Gasteiger partial charge in [0.15, 0.2) is 0 Å². The molecule has 26 heavy (non-hydrogen) atoms. The fourth-order valence-electron chi connectivity index (χ4n) is 3.36. The number of benzene rings is 3. The Hall–Kier alpha value is -2.94. The van der Waals surface area contributed by atoms with Crippen molar-refractivity contribution in [1.82, 2.24) is 0 Å². The highest BCUT2D eigenvalue weighted by Gasteiger charge is 2.32. The van der Waals surface area contributed by atoms with Crippen LogP contribution in [0.15, 0.2) is 60.7 Å². The molecule has 3 rings (SSSR count). The van der Waals surface area contributed by atoms with Gasteiger partial charge in [0.05, 0.1) is 7.11 Å². The van der Waals surface area contributed by atoms with Gasteiger partial charge in [-0.3, -0.25) is 0 Å². The summed E-state index contributed by atoms with van der Waals surface area (Å²) in [5.41, 5.74) is 4.47. The van der Waals surface area contributed by atoms with E-state index in [2.05, 4.69) is 19.1 Å². The highest BCUT2D eigenvalue weighted by atomic mass is 16.5. The molecule has 134 valence electrons. The summed E-state index contributed by atoms with van der Waals surface area (Å²) in [5.74, 6) is 1.38. The SMILES string of the molecule is COc1ccc(C(C)(c2ccc(O)c(C)c2)c2ccc(O)c(C)c2)cc1. The van der Waals surface area contributed by atoms with Crippen molar-refractivity contribution < 1.29 is 14.9 Å². The lowest BCUT2D eigenvalue weighted by Crippen LogP contribution is -2.25. The van der Waals surface area contributed by atoms with Gasteiger partial charge in [-0.25, -0.2) is 0 Å². The molecule has 0 bridgehead atoms. The summed E-state index contributed by atoms with van der Waals surface area (Å²) in [6.07, 6.45) is 0. The maximum atomic E-state index is 9.95. The minimum Gasteiger partial charge on any atom is -0.508 e. The van der Waals surface area contributed by atoms with E-state index in [1.807, 2.05) is 50.2 Å². The molecule has 0 amide bonds. The second-order valence-corrected chi connectivity index (χ2v) is 6.86. The average molecular weight is 348 g/mol. The van der Waals surface area contributed by atoms with Crippen molar-refractivity contribution in [2.75, 3.05) is 7.11 Å². The normalized spacial score (nSPS) is 11.4. The fourth-order valence-corrected chi connectivity index (χ4v) is 3.36. The third-order valence-electron chi connectivity index (χ3n) is 5.22. The van der Waals surface area contributed by atoms with E-state index >= 15 is 0 Å². The predicted molar refractivity (Wildman–Crippen MR) is 104 cm³/mol. The summed E-state index contributed by atoms with van der Waals surface area (Å²) in [6.45, 7) is 5.96. The Balaban J connectivity index is 2.25. The summed E-state index contributed by atoms with van der Waals surface area (Å²) >= 11 is 0. The quantitative estimate of drug-likeness (QED) is 0.647. The zero-order valence-electron chi connectivity index (χ0n) is 15.6. The first-order valence-electron chi connectivity index (χ1n) is 8.61. The molecule has 0 saturated heterocycles. The van der Waals surface area contributed by atoms with Gasteiger partial charge in [-0.15, -0.1) is 0 Å². The zero-order chi connectivity index (χ0) is 18.9. The molecule has 0 unspecified atom stereocenters. The van der Waals surface area contributed by atoms with E-state index in [0.717, 1.165) is 33.6 Å². The minimum absolute atomic E-state index is 0.285. The molecule has 0 aliphatic carbocycles. The van der Waals surface area contributed by atoms with Crippen LogP contribution in [0.2, 0.25) is 0 Å². The minimum atomic E-state index is -0.441. The van der Waals surface area contributed by atoms with Gasteiger partial charge >= 0.3 is 0 Å². The Morgan fingerprint density at radius 3 is 1.50 bits per heavy atom. The first kappa shape index (κ1) is 17.9. The van der Waals surface area contributed by atoms with Crippen LogP contribution >= 0.6 is 0 Å². The summed E-state index contributed by atoms with van der Waals surface area (Å²) < 4.78 is 5.30. The standard InChI is InChI=1S/C23H24O3/c1-15-13-18(7-11-21(15)24)23(3,17-5-9-20(26-4)10-6-17)19-8-12-22(25)16(2)14-19/h5-14,24-25H,1-4H3. The molecule has 0 atom stereocenters. The molecule has 0 spiro atoms. The van der Waals surface area contributed by atoms with Gasteiger partial charge < -0.3 is 14.9 Å². The first-order valence-corrected chi connectivity index (χ1v) is 8.61. The monoisotopic (exact) mass is 348 g/mol. The Kier molecular flexibility index (Phi) is 4.64. The van der Waals surface area contributed by atoms with Crippen molar-refractivity contribution in [2.24, 2.45) is 0 Å². The molecule has 3 nitrogen and oxygen atoms in total. The van der Waals surface area contributed by atoms with Gasteiger partial charge in [0.1, 0.15) is 17.2 Å². The molecule has 0 aliphatic rings. The fraction of sp³-hybridized carbons (Fsp3) is 0.217. The number of hydrogen-bond donors (Lipinski definition) is 2. The number of ether oxygens (including phenoxy) is 1. The largest absolute Gasteiger partial charge is 0.508 e. The summed E-state index contributed by atoms with van der Waals surface area (Å²) in [4.78, 5) is 0. The summed E-state index contributed by atoms with van der Waals surface area (Å²) in [6, 6.07) is 19.4. The van der Waals surface area contributed by atoms with Crippen LogP contribution < -0.4 is 4.74 Å². The molecule has 3 aromatic carbocycles. The summed E-state index contributed by atoms with van der Waals surface area (Å²) in [5, 5.41) is 19.9. The molecule has 0 aliphatic heterocycles. The number of hydrogen-bond acceptors (Lipinski definition) is 3. The summed E-state index contributed by atoms with van der Waals surface area (Å²) in [7, 11) is 1.65. The van der Waals surface area contributed by atoms with E-state index in [4.69, 9.17) is 4.74 Å². The van der Waals surface area contributed by atoms with Gasteiger partial charge in [0, 0.05) is 5.41 Å².